The maximum atomic E-state index is 9.59. The topological polar surface area (TPSA) is 79.2 Å². The zero-order valence-electron chi connectivity index (χ0n) is 12.3. The molecule has 1 fully saturated rings. The average molecular weight is 276 g/mol. The molecule has 5 heteroatoms. The molecule has 1 rings (SSSR count). The van der Waals surface area contributed by atoms with Crippen molar-refractivity contribution in [2.24, 2.45) is 17.8 Å². The molecule has 3 N–H and O–H groups in total. The van der Waals surface area contributed by atoms with Crippen molar-refractivity contribution < 1.29 is 24.8 Å². The van der Waals surface area contributed by atoms with Gasteiger partial charge in [-0.25, -0.2) is 0 Å². The van der Waals surface area contributed by atoms with E-state index in [1.54, 1.807) is 0 Å². The molecule has 0 amide bonds. The zero-order chi connectivity index (χ0) is 14.6. The average Bonchev–Trinajstić information content (AvgIpc) is 2.42. The Labute approximate surface area is 115 Å². The van der Waals surface area contributed by atoms with E-state index < -0.39 is 18.8 Å². The fraction of sp³-hybridized carbons (Fsp3) is 1.00. The predicted molar refractivity (Wildman–Crippen MR) is 71.5 cm³/mol. The number of hydrogen-bond donors (Lipinski definition) is 3. The number of ether oxygens (including phenoxy) is 2. The minimum atomic E-state index is -1.17. The maximum Gasteiger partial charge on any atom is 0.160 e. The minimum Gasteiger partial charge on any atom is -0.394 e. The molecule has 0 aromatic rings. The van der Waals surface area contributed by atoms with Gasteiger partial charge in [0.25, 0.3) is 0 Å². The molecule has 0 bridgehead atoms. The maximum absolute atomic E-state index is 9.59. The Balaban J connectivity index is 2.52. The smallest absolute Gasteiger partial charge is 0.160 e. The van der Waals surface area contributed by atoms with Crippen LogP contribution in [0.25, 0.3) is 0 Å². The highest BCUT2D eigenvalue weighted by atomic mass is 16.7. The molecule has 1 saturated heterocycles. The summed E-state index contributed by atoms with van der Waals surface area (Å²) in [4.78, 5) is 0. The number of hydrogen-bond acceptors (Lipinski definition) is 5. The number of rotatable bonds is 6. The lowest BCUT2D eigenvalue weighted by Gasteiger charge is -2.43. The largest absolute Gasteiger partial charge is 0.394 e. The molecule has 0 aliphatic carbocycles. The molecule has 1 aliphatic heterocycles. The Hall–Kier alpha value is -0.200. The molecule has 0 aromatic carbocycles. The van der Waals surface area contributed by atoms with Gasteiger partial charge in [-0.15, -0.1) is 0 Å². The van der Waals surface area contributed by atoms with E-state index in [2.05, 4.69) is 27.7 Å². The van der Waals surface area contributed by atoms with Crippen molar-refractivity contribution >= 4 is 0 Å². The Kier molecular flexibility index (Phi) is 6.69. The van der Waals surface area contributed by atoms with Gasteiger partial charge in [-0.05, 0) is 18.3 Å². The summed E-state index contributed by atoms with van der Waals surface area (Å²) in [7, 11) is 0. The molecule has 0 aromatic heterocycles. The highest BCUT2D eigenvalue weighted by Gasteiger charge is 2.39. The molecule has 5 nitrogen and oxygen atoms in total. The second kappa shape index (κ2) is 7.55. The van der Waals surface area contributed by atoms with Crippen LogP contribution in [0.4, 0.5) is 0 Å². The first kappa shape index (κ1) is 16.9. The van der Waals surface area contributed by atoms with Crippen molar-refractivity contribution in [2.45, 2.75) is 58.7 Å². The SMILES string of the molecule is CCC1O[C@@H](OCC(O)C(O)CO)C(C)[C@H](C)[C@@H]1C. The summed E-state index contributed by atoms with van der Waals surface area (Å²) in [6.07, 6.45) is -1.53. The Morgan fingerprint density at radius 2 is 1.68 bits per heavy atom. The van der Waals surface area contributed by atoms with Gasteiger partial charge in [0, 0.05) is 5.92 Å². The Morgan fingerprint density at radius 3 is 2.21 bits per heavy atom. The van der Waals surface area contributed by atoms with Gasteiger partial charge in [0.15, 0.2) is 6.29 Å². The molecular weight excluding hydrogens is 248 g/mol. The van der Waals surface area contributed by atoms with Gasteiger partial charge in [0.05, 0.1) is 19.3 Å². The van der Waals surface area contributed by atoms with Crippen molar-refractivity contribution in [1.82, 2.24) is 0 Å². The van der Waals surface area contributed by atoms with E-state index >= 15 is 0 Å². The lowest BCUT2D eigenvalue weighted by Crippen LogP contribution is -2.47. The fourth-order valence-corrected chi connectivity index (χ4v) is 2.57. The molecule has 0 spiro atoms. The van der Waals surface area contributed by atoms with E-state index in [0.717, 1.165) is 6.42 Å². The van der Waals surface area contributed by atoms with Crippen molar-refractivity contribution in [3.8, 4) is 0 Å². The Morgan fingerprint density at radius 1 is 1.05 bits per heavy atom. The lowest BCUT2D eigenvalue weighted by atomic mass is 9.78. The summed E-state index contributed by atoms with van der Waals surface area (Å²) < 4.78 is 11.5. The summed E-state index contributed by atoms with van der Waals surface area (Å²) in [5.74, 6) is 1.19. The third-order valence-electron chi connectivity index (χ3n) is 4.45. The van der Waals surface area contributed by atoms with Crippen LogP contribution in [0, 0.1) is 17.8 Å². The van der Waals surface area contributed by atoms with Crippen molar-refractivity contribution in [3.05, 3.63) is 0 Å². The van der Waals surface area contributed by atoms with Gasteiger partial charge >= 0.3 is 0 Å². The van der Waals surface area contributed by atoms with Crippen molar-refractivity contribution in [3.63, 3.8) is 0 Å². The summed E-state index contributed by atoms with van der Waals surface area (Å²) in [6.45, 7) is 8.04. The van der Waals surface area contributed by atoms with E-state index in [0.29, 0.717) is 11.8 Å². The van der Waals surface area contributed by atoms with Crippen LogP contribution in [0.1, 0.15) is 34.1 Å². The predicted octanol–water partition coefficient (Wildman–Crippen LogP) is 0.760. The van der Waals surface area contributed by atoms with Crippen LogP contribution >= 0.6 is 0 Å². The van der Waals surface area contributed by atoms with Crippen LogP contribution in [0.3, 0.4) is 0 Å². The first-order valence-electron chi connectivity index (χ1n) is 7.16. The third kappa shape index (κ3) is 4.13. The van der Waals surface area contributed by atoms with Crippen LogP contribution in [0.15, 0.2) is 0 Å². The van der Waals surface area contributed by atoms with Gasteiger partial charge in [0.1, 0.15) is 12.2 Å². The summed E-state index contributed by atoms with van der Waals surface area (Å²) in [5.41, 5.74) is 0. The second-order valence-electron chi connectivity index (χ2n) is 5.68. The quantitative estimate of drug-likeness (QED) is 0.667. The molecule has 4 unspecified atom stereocenters. The standard InChI is InChI=1S/C14H28O5/c1-5-13-9(3)8(2)10(4)14(19-13)18-7-12(17)11(16)6-15/h8-17H,5-7H2,1-4H3/t8-,9+,10?,11?,12?,13?,14-/m1/s1. The summed E-state index contributed by atoms with van der Waals surface area (Å²) in [5, 5.41) is 27.6. The van der Waals surface area contributed by atoms with Crippen LogP contribution in [0.2, 0.25) is 0 Å². The number of aliphatic hydroxyl groups excluding tert-OH is 3. The molecule has 1 aliphatic rings. The van der Waals surface area contributed by atoms with Crippen LogP contribution in [0.5, 0.6) is 0 Å². The monoisotopic (exact) mass is 276 g/mol. The lowest BCUT2D eigenvalue weighted by molar-refractivity contribution is -0.257. The van der Waals surface area contributed by atoms with E-state index in [1.165, 1.54) is 0 Å². The highest BCUT2D eigenvalue weighted by molar-refractivity contribution is 4.82. The van der Waals surface area contributed by atoms with Crippen molar-refractivity contribution in [1.29, 1.82) is 0 Å². The summed E-state index contributed by atoms with van der Waals surface area (Å²) in [6, 6.07) is 0. The minimum absolute atomic E-state index is 0.0335. The van der Waals surface area contributed by atoms with Gasteiger partial charge in [0.2, 0.25) is 0 Å². The van der Waals surface area contributed by atoms with Gasteiger partial charge in [-0.2, -0.15) is 0 Å². The van der Waals surface area contributed by atoms with E-state index in [4.69, 9.17) is 14.6 Å². The molecule has 114 valence electrons. The Bertz CT molecular complexity index is 258. The van der Waals surface area contributed by atoms with Crippen LogP contribution < -0.4 is 0 Å². The highest BCUT2D eigenvalue weighted by Crippen LogP contribution is 2.36. The summed E-state index contributed by atoms with van der Waals surface area (Å²) >= 11 is 0. The van der Waals surface area contributed by atoms with E-state index in [9.17, 15) is 10.2 Å². The number of aliphatic hydroxyl groups is 3. The van der Waals surface area contributed by atoms with E-state index in [-0.39, 0.29) is 24.9 Å². The third-order valence-corrected chi connectivity index (χ3v) is 4.45. The second-order valence-corrected chi connectivity index (χ2v) is 5.68. The first-order valence-corrected chi connectivity index (χ1v) is 7.16. The molecule has 19 heavy (non-hydrogen) atoms. The molecule has 0 saturated carbocycles. The van der Waals surface area contributed by atoms with Gasteiger partial charge in [-0.1, -0.05) is 27.7 Å². The van der Waals surface area contributed by atoms with Crippen molar-refractivity contribution in [2.75, 3.05) is 13.2 Å². The fourth-order valence-electron chi connectivity index (χ4n) is 2.57. The van der Waals surface area contributed by atoms with Gasteiger partial charge in [-0.3, -0.25) is 0 Å². The zero-order valence-corrected chi connectivity index (χ0v) is 12.3. The first-order chi connectivity index (χ1) is 8.92. The van der Waals surface area contributed by atoms with E-state index in [1.807, 2.05) is 0 Å². The molecule has 7 atom stereocenters. The van der Waals surface area contributed by atoms with Crippen LogP contribution in [-0.2, 0) is 9.47 Å². The van der Waals surface area contributed by atoms with Gasteiger partial charge < -0.3 is 24.8 Å². The molecular formula is C14H28O5. The molecule has 0 radical (unpaired) electrons. The van der Waals surface area contributed by atoms with Crippen LogP contribution in [-0.4, -0.2) is 53.1 Å². The molecule has 1 heterocycles. The normalized spacial score (nSPS) is 39.0.